The Kier molecular flexibility index (Phi) is 7.30. The van der Waals surface area contributed by atoms with Crippen LogP contribution in [0, 0.1) is 5.41 Å². The van der Waals surface area contributed by atoms with Gasteiger partial charge in [-0.15, -0.1) is 0 Å². The minimum Gasteiger partial charge on any atom is -0.481 e. The second-order valence-corrected chi connectivity index (χ2v) is 9.91. The first-order valence-corrected chi connectivity index (χ1v) is 12.4. The quantitative estimate of drug-likeness (QED) is 0.429. The highest BCUT2D eigenvalue weighted by Gasteiger charge is 2.37. The van der Waals surface area contributed by atoms with Crippen molar-refractivity contribution in [2.45, 2.75) is 59.0 Å². The molecule has 1 atom stereocenters. The zero-order valence-electron chi connectivity index (χ0n) is 20.5. The Balaban J connectivity index is 1.51. The number of nitrogens with zero attached hydrogens (tertiary/aromatic N) is 1. The number of aliphatic carboxylic acids is 1. The third kappa shape index (κ3) is 5.64. The van der Waals surface area contributed by atoms with Crippen molar-refractivity contribution in [2.75, 3.05) is 18.0 Å². The van der Waals surface area contributed by atoms with Gasteiger partial charge in [-0.05, 0) is 85.3 Å². The lowest BCUT2D eigenvalue weighted by Crippen LogP contribution is -2.34. The number of fused-ring (bicyclic) bond motifs is 2. The summed E-state index contributed by atoms with van der Waals surface area (Å²) in [5, 5.41) is 12.1. The predicted octanol–water partition coefficient (Wildman–Crippen LogP) is 6.22. The van der Waals surface area contributed by atoms with E-state index < -0.39 is 5.97 Å². The van der Waals surface area contributed by atoms with Crippen LogP contribution in [0.2, 0.25) is 0 Å². The summed E-state index contributed by atoms with van der Waals surface area (Å²) in [6.07, 6.45) is 18.7. The average molecular weight is 461 g/mol. The van der Waals surface area contributed by atoms with E-state index in [-0.39, 0.29) is 17.9 Å². The van der Waals surface area contributed by atoms with Gasteiger partial charge in [0.05, 0.1) is 0 Å². The molecule has 0 saturated heterocycles. The normalized spacial score (nSPS) is 21.0. The van der Waals surface area contributed by atoms with Crippen LogP contribution in [0.3, 0.4) is 0 Å². The van der Waals surface area contributed by atoms with Crippen LogP contribution >= 0.6 is 0 Å². The molecular weight excluding hydrogens is 424 g/mol. The summed E-state index contributed by atoms with van der Waals surface area (Å²) in [4.78, 5) is 13.1. The van der Waals surface area contributed by atoms with Gasteiger partial charge in [-0.2, -0.15) is 0 Å². The van der Waals surface area contributed by atoms with E-state index in [1.165, 1.54) is 11.1 Å². The topological polar surface area (TPSA) is 61.8 Å². The third-order valence-electron chi connectivity index (χ3n) is 6.80. The molecule has 0 bridgehead atoms. The first-order chi connectivity index (χ1) is 16.4. The summed E-state index contributed by atoms with van der Waals surface area (Å²) in [6.45, 7) is 8.58. The standard InChI is InChI=1S/C29H36N2O3/c1-4-31(15-9-5-6-11-28(32)33)24-13-12-22-18-25-27(34-26(22)19-24)17-21(20-29(25,2)3)16-23-10-7-8-14-30-23/h7-8,10,12-14,16-19,27,30H,4-6,9,11,15,20H2,1-3H3,(H,32,33)/b23-16+. The molecule has 0 amide bonds. The number of benzene rings is 1. The van der Waals surface area contributed by atoms with Crippen molar-refractivity contribution in [1.29, 1.82) is 0 Å². The van der Waals surface area contributed by atoms with Crippen LogP contribution in [-0.4, -0.2) is 30.3 Å². The zero-order chi connectivity index (χ0) is 24.1. The molecule has 1 aliphatic carbocycles. The van der Waals surface area contributed by atoms with E-state index in [9.17, 15) is 4.79 Å². The van der Waals surface area contributed by atoms with Gasteiger partial charge in [-0.1, -0.05) is 26.3 Å². The molecular formula is C29H36N2O3. The van der Waals surface area contributed by atoms with Crippen molar-refractivity contribution in [3.05, 3.63) is 77.2 Å². The Morgan fingerprint density at radius 1 is 1.26 bits per heavy atom. The predicted molar refractivity (Wildman–Crippen MR) is 139 cm³/mol. The van der Waals surface area contributed by atoms with E-state index >= 15 is 0 Å². The first kappa shape index (κ1) is 23.9. The molecule has 5 heteroatoms. The molecule has 0 fully saturated rings. The van der Waals surface area contributed by atoms with Crippen molar-refractivity contribution >= 4 is 17.7 Å². The van der Waals surface area contributed by atoms with Crippen molar-refractivity contribution in [2.24, 2.45) is 5.41 Å². The van der Waals surface area contributed by atoms with Crippen LogP contribution in [0.4, 0.5) is 5.69 Å². The third-order valence-corrected chi connectivity index (χ3v) is 6.80. The van der Waals surface area contributed by atoms with E-state index in [0.29, 0.717) is 0 Å². The summed E-state index contributed by atoms with van der Waals surface area (Å²) in [6, 6.07) is 6.50. The first-order valence-electron chi connectivity index (χ1n) is 12.4. The number of carboxylic acid groups (broad SMARTS) is 1. The van der Waals surface area contributed by atoms with Crippen molar-refractivity contribution in [3.8, 4) is 5.75 Å². The number of ether oxygens (including phenoxy) is 1. The van der Waals surface area contributed by atoms with Gasteiger partial charge in [0.2, 0.25) is 0 Å². The minimum absolute atomic E-state index is 0.0157. The zero-order valence-corrected chi connectivity index (χ0v) is 20.5. The highest BCUT2D eigenvalue weighted by Crippen LogP contribution is 2.46. The van der Waals surface area contributed by atoms with Crippen LogP contribution in [0.1, 0.15) is 58.4 Å². The fourth-order valence-electron chi connectivity index (χ4n) is 4.98. The van der Waals surface area contributed by atoms with Crippen molar-refractivity contribution < 1.29 is 14.6 Å². The largest absolute Gasteiger partial charge is 0.481 e. The molecule has 1 aromatic rings. The van der Waals surface area contributed by atoms with Gasteiger partial charge in [0.15, 0.2) is 0 Å². The van der Waals surface area contributed by atoms with E-state index in [1.807, 2.05) is 18.4 Å². The molecule has 0 radical (unpaired) electrons. The van der Waals surface area contributed by atoms with Crippen LogP contribution in [-0.2, 0) is 4.79 Å². The summed E-state index contributed by atoms with van der Waals surface area (Å²) in [5.41, 5.74) is 6.01. The SMILES string of the molecule is CCN(CCCCCC(=O)O)c1ccc2c(c1)OC1C=C(/C=C3\C=CC=CN3)CC(C)(C)C1=C2. The van der Waals surface area contributed by atoms with Crippen LogP contribution in [0.5, 0.6) is 5.75 Å². The maximum atomic E-state index is 10.7. The van der Waals surface area contributed by atoms with Crippen LogP contribution in [0.15, 0.2) is 71.6 Å². The number of anilines is 1. The highest BCUT2D eigenvalue weighted by molar-refractivity contribution is 5.70. The molecule has 3 aliphatic rings. The number of carbonyl (C=O) groups is 1. The van der Waals surface area contributed by atoms with Gasteiger partial charge >= 0.3 is 5.97 Å². The second-order valence-electron chi connectivity index (χ2n) is 9.91. The molecule has 34 heavy (non-hydrogen) atoms. The highest BCUT2D eigenvalue weighted by atomic mass is 16.5. The number of dihydropyridines is 1. The number of hydrogen-bond donors (Lipinski definition) is 2. The Labute approximate surface area is 203 Å². The molecule has 2 N–H and O–H groups in total. The maximum absolute atomic E-state index is 10.7. The summed E-state index contributed by atoms with van der Waals surface area (Å²) >= 11 is 0. The fraction of sp³-hybridized carbons (Fsp3) is 0.414. The van der Waals surface area contributed by atoms with E-state index in [0.717, 1.165) is 61.5 Å². The lowest BCUT2D eigenvalue weighted by atomic mass is 9.70. The summed E-state index contributed by atoms with van der Waals surface area (Å²) in [5.74, 6) is 0.212. The van der Waals surface area contributed by atoms with E-state index in [2.05, 4.69) is 73.5 Å². The summed E-state index contributed by atoms with van der Waals surface area (Å²) in [7, 11) is 0. The van der Waals surface area contributed by atoms with E-state index in [1.54, 1.807) is 0 Å². The lowest BCUT2D eigenvalue weighted by molar-refractivity contribution is -0.137. The molecule has 0 saturated carbocycles. The maximum Gasteiger partial charge on any atom is 0.303 e. The molecule has 1 aromatic carbocycles. The monoisotopic (exact) mass is 460 g/mol. The van der Waals surface area contributed by atoms with Gasteiger partial charge < -0.3 is 20.1 Å². The average Bonchev–Trinajstić information content (AvgIpc) is 2.80. The molecule has 0 aromatic heterocycles. The fourth-order valence-corrected chi connectivity index (χ4v) is 4.98. The Morgan fingerprint density at radius 2 is 2.12 bits per heavy atom. The number of allylic oxidation sites excluding steroid dienone is 5. The van der Waals surface area contributed by atoms with E-state index in [4.69, 9.17) is 9.84 Å². The molecule has 5 nitrogen and oxygen atoms in total. The number of rotatable bonds is 9. The molecule has 0 spiro atoms. The van der Waals surface area contributed by atoms with Gasteiger partial charge in [-0.3, -0.25) is 4.79 Å². The molecule has 2 heterocycles. The molecule has 4 rings (SSSR count). The number of unbranched alkanes of at least 4 members (excludes halogenated alkanes) is 2. The molecule has 1 unspecified atom stereocenters. The second kappa shape index (κ2) is 10.4. The molecule has 2 aliphatic heterocycles. The lowest BCUT2D eigenvalue weighted by Gasteiger charge is -2.40. The number of nitrogens with one attached hydrogen (secondary N) is 1. The van der Waals surface area contributed by atoms with Crippen LogP contribution < -0.4 is 15.0 Å². The van der Waals surface area contributed by atoms with Crippen molar-refractivity contribution in [3.63, 3.8) is 0 Å². The summed E-state index contributed by atoms with van der Waals surface area (Å²) < 4.78 is 6.58. The number of carboxylic acids is 1. The van der Waals surface area contributed by atoms with Gasteiger partial charge in [0.25, 0.3) is 0 Å². The Bertz CT molecular complexity index is 1070. The van der Waals surface area contributed by atoms with Gasteiger partial charge in [0.1, 0.15) is 11.9 Å². The Morgan fingerprint density at radius 3 is 2.85 bits per heavy atom. The van der Waals surface area contributed by atoms with Crippen molar-refractivity contribution in [1.82, 2.24) is 5.32 Å². The van der Waals surface area contributed by atoms with Crippen LogP contribution in [0.25, 0.3) is 6.08 Å². The van der Waals surface area contributed by atoms with Gasteiger partial charge in [0, 0.05) is 48.7 Å². The van der Waals surface area contributed by atoms with Gasteiger partial charge in [-0.25, -0.2) is 0 Å². The molecule has 180 valence electrons. The smallest absolute Gasteiger partial charge is 0.303 e. The number of hydrogen-bond acceptors (Lipinski definition) is 4. The minimum atomic E-state index is -0.714. The Hall–Kier alpha value is -3.21.